The van der Waals surface area contributed by atoms with Crippen molar-refractivity contribution in [3.8, 4) is 0 Å². The molecule has 0 heterocycles. The fraction of sp³-hybridized carbons (Fsp3) is 0.462. The van der Waals surface area contributed by atoms with Crippen LogP contribution in [0.5, 0.6) is 0 Å². The monoisotopic (exact) mass is 254 g/mol. The van der Waals surface area contributed by atoms with Crippen molar-refractivity contribution in [1.29, 1.82) is 0 Å². The van der Waals surface area contributed by atoms with E-state index in [1.807, 2.05) is 6.07 Å². The van der Waals surface area contributed by atoms with Crippen molar-refractivity contribution in [1.82, 2.24) is 0 Å². The maximum atomic E-state index is 10.8. The second-order valence-corrected chi connectivity index (χ2v) is 5.32. The fourth-order valence-electron chi connectivity index (χ4n) is 1.26. The Kier molecular flexibility index (Phi) is 6.08. The van der Waals surface area contributed by atoms with Crippen LogP contribution in [0.1, 0.15) is 24.2 Å². The van der Waals surface area contributed by atoms with Crippen LogP contribution < -0.4 is 0 Å². The van der Waals surface area contributed by atoms with Gasteiger partial charge in [-0.3, -0.25) is 0 Å². The van der Waals surface area contributed by atoms with E-state index in [0.29, 0.717) is 18.1 Å². The zero-order valence-corrected chi connectivity index (χ0v) is 11.0. The third kappa shape index (κ3) is 5.75. The molecular formula is C13H18O3S. The van der Waals surface area contributed by atoms with Crippen LogP contribution in [0.25, 0.3) is 0 Å². The van der Waals surface area contributed by atoms with Gasteiger partial charge in [-0.1, -0.05) is 19.9 Å². The molecule has 0 radical (unpaired) electrons. The quantitative estimate of drug-likeness (QED) is 0.600. The van der Waals surface area contributed by atoms with Gasteiger partial charge in [-0.05, 0) is 24.1 Å². The molecule has 0 bridgehead atoms. The predicted octanol–water partition coefficient (Wildman–Crippen LogP) is 3.15. The maximum Gasteiger partial charge on any atom is 0.335 e. The molecule has 4 heteroatoms. The van der Waals surface area contributed by atoms with Crippen LogP contribution in [-0.2, 0) is 4.74 Å². The van der Waals surface area contributed by atoms with E-state index in [-0.39, 0.29) is 0 Å². The summed E-state index contributed by atoms with van der Waals surface area (Å²) in [5, 5.41) is 8.85. The highest BCUT2D eigenvalue weighted by Crippen LogP contribution is 2.19. The minimum absolute atomic E-state index is 0.332. The first-order valence-electron chi connectivity index (χ1n) is 5.63. The van der Waals surface area contributed by atoms with E-state index in [4.69, 9.17) is 9.84 Å². The summed E-state index contributed by atoms with van der Waals surface area (Å²) < 4.78 is 5.46. The number of carbonyl (C=O) groups is 1. The highest BCUT2D eigenvalue weighted by molar-refractivity contribution is 7.99. The second kappa shape index (κ2) is 7.35. The lowest BCUT2D eigenvalue weighted by Crippen LogP contribution is -2.04. The van der Waals surface area contributed by atoms with Crippen LogP contribution >= 0.6 is 11.8 Å². The highest BCUT2D eigenvalue weighted by Gasteiger charge is 2.03. The van der Waals surface area contributed by atoms with Crippen LogP contribution in [0, 0.1) is 5.92 Å². The number of hydrogen-bond donors (Lipinski definition) is 1. The Morgan fingerprint density at radius 3 is 2.88 bits per heavy atom. The molecule has 94 valence electrons. The molecule has 0 saturated heterocycles. The van der Waals surface area contributed by atoms with E-state index >= 15 is 0 Å². The molecular weight excluding hydrogens is 236 g/mol. The number of aromatic carboxylic acids is 1. The molecule has 17 heavy (non-hydrogen) atoms. The molecule has 0 amide bonds. The van der Waals surface area contributed by atoms with Crippen LogP contribution in [-0.4, -0.2) is 30.0 Å². The summed E-state index contributed by atoms with van der Waals surface area (Å²) in [4.78, 5) is 11.7. The second-order valence-electron chi connectivity index (χ2n) is 4.15. The van der Waals surface area contributed by atoms with Crippen LogP contribution in [0.2, 0.25) is 0 Å². The van der Waals surface area contributed by atoms with E-state index in [1.165, 1.54) is 0 Å². The fourth-order valence-corrected chi connectivity index (χ4v) is 2.08. The molecule has 3 nitrogen and oxygen atoms in total. The van der Waals surface area contributed by atoms with Gasteiger partial charge in [0.05, 0.1) is 12.2 Å². The van der Waals surface area contributed by atoms with Crippen molar-refractivity contribution in [3.63, 3.8) is 0 Å². The Hall–Kier alpha value is -1.00. The summed E-state index contributed by atoms with van der Waals surface area (Å²) in [6, 6.07) is 6.97. The Morgan fingerprint density at radius 1 is 1.47 bits per heavy atom. The predicted molar refractivity (Wildman–Crippen MR) is 69.8 cm³/mol. The van der Waals surface area contributed by atoms with Gasteiger partial charge < -0.3 is 9.84 Å². The Bertz CT molecular complexity index is 363. The van der Waals surface area contributed by atoms with Crippen molar-refractivity contribution in [3.05, 3.63) is 29.8 Å². The first kappa shape index (κ1) is 14.1. The molecule has 0 aliphatic heterocycles. The summed E-state index contributed by atoms with van der Waals surface area (Å²) in [5.41, 5.74) is 0.332. The number of benzene rings is 1. The summed E-state index contributed by atoms with van der Waals surface area (Å²) >= 11 is 1.62. The van der Waals surface area contributed by atoms with Gasteiger partial charge in [0.2, 0.25) is 0 Å². The van der Waals surface area contributed by atoms with Crippen LogP contribution in [0.15, 0.2) is 29.2 Å². The van der Waals surface area contributed by atoms with Crippen molar-refractivity contribution in [2.24, 2.45) is 5.92 Å². The van der Waals surface area contributed by atoms with Gasteiger partial charge in [-0.25, -0.2) is 4.79 Å². The third-order valence-corrected chi connectivity index (χ3v) is 2.99. The smallest absolute Gasteiger partial charge is 0.335 e. The number of thioether (sulfide) groups is 1. The molecule has 1 aromatic carbocycles. The third-order valence-electron chi connectivity index (χ3n) is 2.03. The van der Waals surface area contributed by atoms with Gasteiger partial charge in [-0.15, -0.1) is 11.8 Å². The number of carboxylic acids is 1. The van der Waals surface area contributed by atoms with E-state index in [2.05, 4.69) is 13.8 Å². The van der Waals surface area contributed by atoms with Crippen LogP contribution in [0.3, 0.4) is 0 Å². The summed E-state index contributed by atoms with van der Waals surface area (Å²) in [7, 11) is 0. The molecule has 0 fully saturated rings. The lowest BCUT2D eigenvalue weighted by atomic mass is 10.2. The van der Waals surface area contributed by atoms with E-state index in [9.17, 15) is 4.79 Å². The average molecular weight is 254 g/mol. The SMILES string of the molecule is CC(C)COCCSc1cccc(C(=O)O)c1. The zero-order valence-electron chi connectivity index (χ0n) is 10.2. The summed E-state index contributed by atoms with van der Waals surface area (Å²) in [5.74, 6) is 0.509. The molecule has 1 N–H and O–H groups in total. The van der Waals surface area contributed by atoms with Crippen molar-refractivity contribution in [2.75, 3.05) is 19.0 Å². The number of rotatable bonds is 7. The van der Waals surface area contributed by atoms with Gasteiger partial charge in [0, 0.05) is 17.3 Å². The Morgan fingerprint density at radius 2 is 2.24 bits per heavy atom. The minimum Gasteiger partial charge on any atom is -0.478 e. The van der Waals surface area contributed by atoms with E-state index < -0.39 is 5.97 Å². The topological polar surface area (TPSA) is 46.5 Å². The molecule has 0 aliphatic rings. The number of ether oxygens (including phenoxy) is 1. The molecule has 0 saturated carbocycles. The molecule has 0 aromatic heterocycles. The lowest BCUT2D eigenvalue weighted by molar-refractivity contribution is 0.0696. The maximum absolute atomic E-state index is 10.8. The average Bonchev–Trinajstić information content (AvgIpc) is 2.28. The minimum atomic E-state index is -0.886. The lowest BCUT2D eigenvalue weighted by Gasteiger charge is -2.06. The van der Waals surface area contributed by atoms with Gasteiger partial charge in [-0.2, -0.15) is 0 Å². The largest absolute Gasteiger partial charge is 0.478 e. The Labute approximate surface area is 106 Å². The molecule has 1 aromatic rings. The first-order valence-corrected chi connectivity index (χ1v) is 6.62. The molecule has 0 aliphatic carbocycles. The van der Waals surface area contributed by atoms with Crippen molar-refractivity contribution < 1.29 is 14.6 Å². The molecule has 1 rings (SSSR count). The number of hydrogen-bond acceptors (Lipinski definition) is 3. The van der Waals surface area contributed by atoms with E-state index in [1.54, 1.807) is 30.0 Å². The van der Waals surface area contributed by atoms with Gasteiger partial charge in [0.25, 0.3) is 0 Å². The van der Waals surface area contributed by atoms with Crippen molar-refractivity contribution in [2.45, 2.75) is 18.7 Å². The highest BCUT2D eigenvalue weighted by atomic mass is 32.2. The number of carboxylic acid groups (broad SMARTS) is 1. The van der Waals surface area contributed by atoms with Gasteiger partial charge >= 0.3 is 5.97 Å². The first-order chi connectivity index (χ1) is 8.09. The zero-order chi connectivity index (χ0) is 12.7. The molecule has 0 spiro atoms. The van der Waals surface area contributed by atoms with Crippen molar-refractivity contribution >= 4 is 17.7 Å². The normalized spacial score (nSPS) is 10.8. The van der Waals surface area contributed by atoms with Gasteiger partial charge in [0.15, 0.2) is 0 Å². The Balaban J connectivity index is 2.31. The molecule has 0 unspecified atom stereocenters. The molecule has 0 atom stereocenters. The van der Waals surface area contributed by atoms with E-state index in [0.717, 1.165) is 17.3 Å². The standard InChI is InChI=1S/C13H18O3S/c1-10(2)9-16-6-7-17-12-5-3-4-11(8-12)13(14)15/h3-5,8,10H,6-7,9H2,1-2H3,(H,14,15). The van der Waals surface area contributed by atoms with Gasteiger partial charge in [0.1, 0.15) is 0 Å². The van der Waals surface area contributed by atoms with Crippen LogP contribution in [0.4, 0.5) is 0 Å². The summed E-state index contributed by atoms with van der Waals surface area (Å²) in [6.45, 7) is 5.70. The summed E-state index contributed by atoms with van der Waals surface area (Å²) in [6.07, 6.45) is 0.